The highest BCUT2D eigenvalue weighted by molar-refractivity contribution is 5.95. The van der Waals surface area contributed by atoms with Crippen LogP contribution in [0.2, 0.25) is 0 Å². The van der Waals surface area contributed by atoms with Gasteiger partial charge in [0.15, 0.2) is 0 Å². The van der Waals surface area contributed by atoms with Gasteiger partial charge in [0.1, 0.15) is 5.75 Å². The fraction of sp³-hybridized carbons (Fsp3) is 0.188. The van der Waals surface area contributed by atoms with Crippen LogP contribution in [0, 0.1) is 6.92 Å². The SMILES string of the molecule is CCOc1ccccc1Nc1cc(C)ccc1C(=O)O. The zero-order chi connectivity index (χ0) is 14.5. The van der Waals surface area contributed by atoms with E-state index in [4.69, 9.17) is 4.74 Å². The number of carbonyl (C=O) groups is 1. The van der Waals surface area contributed by atoms with Crippen molar-refractivity contribution in [3.05, 3.63) is 53.6 Å². The van der Waals surface area contributed by atoms with Crippen LogP contribution in [-0.4, -0.2) is 17.7 Å². The van der Waals surface area contributed by atoms with Crippen LogP contribution in [0.15, 0.2) is 42.5 Å². The zero-order valence-corrected chi connectivity index (χ0v) is 11.5. The second kappa shape index (κ2) is 6.10. The van der Waals surface area contributed by atoms with E-state index in [1.807, 2.05) is 44.2 Å². The quantitative estimate of drug-likeness (QED) is 0.867. The average molecular weight is 271 g/mol. The lowest BCUT2D eigenvalue weighted by Gasteiger charge is -2.14. The van der Waals surface area contributed by atoms with Crippen molar-refractivity contribution in [2.45, 2.75) is 13.8 Å². The number of aryl methyl sites for hydroxylation is 1. The van der Waals surface area contributed by atoms with Crippen molar-refractivity contribution in [2.75, 3.05) is 11.9 Å². The second-order valence-corrected chi connectivity index (χ2v) is 4.41. The molecule has 0 aliphatic carbocycles. The highest BCUT2D eigenvalue weighted by Gasteiger charge is 2.11. The van der Waals surface area contributed by atoms with E-state index >= 15 is 0 Å². The van der Waals surface area contributed by atoms with Crippen molar-refractivity contribution < 1.29 is 14.6 Å². The van der Waals surface area contributed by atoms with Crippen LogP contribution in [-0.2, 0) is 0 Å². The molecule has 0 saturated heterocycles. The molecule has 2 aromatic rings. The summed E-state index contributed by atoms with van der Waals surface area (Å²) in [5.41, 5.74) is 2.54. The van der Waals surface area contributed by atoms with Gasteiger partial charge in [-0.25, -0.2) is 4.79 Å². The molecular weight excluding hydrogens is 254 g/mol. The fourth-order valence-electron chi connectivity index (χ4n) is 1.94. The topological polar surface area (TPSA) is 58.6 Å². The van der Waals surface area contributed by atoms with E-state index in [-0.39, 0.29) is 5.56 Å². The van der Waals surface area contributed by atoms with Crippen molar-refractivity contribution in [1.82, 2.24) is 0 Å². The summed E-state index contributed by atoms with van der Waals surface area (Å²) >= 11 is 0. The minimum Gasteiger partial charge on any atom is -0.492 e. The molecule has 0 fully saturated rings. The number of rotatable bonds is 5. The normalized spacial score (nSPS) is 10.1. The molecule has 0 spiro atoms. The summed E-state index contributed by atoms with van der Waals surface area (Å²) < 4.78 is 5.53. The molecule has 0 unspecified atom stereocenters. The van der Waals surface area contributed by atoms with Gasteiger partial charge in [-0.1, -0.05) is 18.2 Å². The molecule has 0 saturated carbocycles. The number of hydrogen-bond donors (Lipinski definition) is 2. The van der Waals surface area contributed by atoms with E-state index in [9.17, 15) is 9.90 Å². The van der Waals surface area contributed by atoms with Gasteiger partial charge in [0, 0.05) is 0 Å². The fourth-order valence-corrected chi connectivity index (χ4v) is 1.94. The van der Waals surface area contributed by atoms with Crippen LogP contribution in [0.3, 0.4) is 0 Å². The number of para-hydroxylation sites is 2. The number of carboxylic acid groups (broad SMARTS) is 1. The van der Waals surface area contributed by atoms with Crippen molar-refractivity contribution in [3.8, 4) is 5.75 Å². The molecule has 4 nitrogen and oxygen atoms in total. The summed E-state index contributed by atoms with van der Waals surface area (Å²) in [6.07, 6.45) is 0. The summed E-state index contributed by atoms with van der Waals surface area (Å²) in [6.45, 7) is 4.38. The maximum Gasteiger partial charge on any atom is 0.337 e. The standard InChI is InChI=1S/C16H17NO3/c1-3-20-15-7-5-4-6-13(15)17-14-10-11(2)8-9-12(14)16(18)19/h4-10,17H,3H2,1-2H3,(H,18,19). The van der Waals surface area contributed by atoms with Gasteiger partial charge in [0.25, 0.3) is 0 Å². The van der Waals surface area contributed by atoms with Gasteiger partial charge < -0.3 is 15.2 Å². The van der Waals surface area contributed by atoms with Crippen LogP contribution in [0.4, 0.5) is 11.4 Å². The van der Waals surface area contributed by atoms with E-state index < -0.39 is 5.97 Å². The lowest BCUT2D eigenvalue weighted by molar-refractivity contribution is 0.0698. The molecular formula is C16H17NO3. The Kier molecular flexibility index (Phi) is 4.25. The molecule has 4 heteroatoms. The molecule has 2 rings (SSSR count). The number of hydrogen-bond acceptors (Lipinski definition) is 3. The molecule has 0 aromatic heterocycles. The Morgan fingerprint density at radius 3 is 2.65 bits per heavy atom. The molecule has 0 bridgehead atoms. The minimum absolute atomic E-state index is 0.238. The van der Waals surface area contributed by atoms with E-state index in [1.54, 1.807) is 12.1 Å². The van der Waals surface area contributed by atoms with E-state index in [0.717, 1.165) is 11.3 Å². The summed E-state index contributed by atoms with van der Waals surface area (Å²) in [7, 11) is 0. The van der Waals surface area contributed by atoms with Crippen molar-refractivity contribution in [1.29, 1.82) is 0 Å². The molecule has 20 heavy (non-hydrogen) atoms. The highest BCUT2D eigenvalue weighted by atomic mass is 16.5. The Balaban J connectivity index is 2.39. The van der Waals surface area contributed by atoms with Crippen LogP contribution in [0.5, 0.6) is 5.75 Å². The molecule has 2 aromatic carbocycles. The van der Waals surface area contributed by atoms with Crippen molar-refractivity contribution >= 4 is 17.3 Å². The first kappa shape index (κ1) is 13.9. The molecule has 0 aliphatic heterocycles. The maximum atomic E-state index is 11.3. The summed E-state index contributed by atoms with van der Waals surface area (Å²) in [4.78, 5) is 11.3. The largest absolute Gasteiger partial charge is 0.492 e. The first-order chi connectivity index (χ1) is 9.61. The van der Waals surface area contributed by atoms with Gasteiger partial charge in [0.05, 0.1) is 23.5 Å². The molecule has 0 atom stereocenters. The van der Waals surface area contributed by atoms with Crippen molar-refractivity contribution in [3.63, 3.8) is 0 Å². The maximum absolute atomic E-state index is 11.3. The predicted molar refractivity (Wildman–Crippen MR) is 79.0 cm³/mol. The molecule has 0 heterocycles. The summed E-state index contributed by atoms with van der Waals surface area (Å²) in [5, 5.41) is 12.4. The molecule has 0 aliphatic rings. The van der Waals surface area contributed by atoms with E-state index in [1.165, 1.54) is 0 Å². The van der Waals surface area contributed by atoms with Crippen LogP contribution in [0.1, 0.15) is 22.8 Å². The van der Waals surface area contributed by atoms with Gasteiger partial charge in [-0.05, 0) is 43.7 Å². The third-order valence-corrected chi connectivity index (χ3v) is 2.86. The monoisotopic (exact) mass is 271 g/mol. The molecule has 0 amide bonds. The smallest absolute Gasteiger partial charge is 0.337 e. The number of benzene rings is 2. The number of aromatic carboxylic acids is 1. The molecule has 0 radical (unpaired) electrons. The lowest BCUT2D eigenvalue weighted by Crippen LogP contribution is -2.04. The second-order valence-electron chi connectivity index (χ2n) is 4.41. The van der Waals surface area contributed by atoms with Gasteiger partial charge in [-0.2, -0.15) is 0 Å². The number of carboxylic acids is 1. The molecule has 104 valence electrons. The van der Waals surface area contributed by atoms with Gasteiger partial charge in [-0.3, -0.25) is 0 Å². The van der Waals surface area contributed by atoms with E-state index in [0.29, 0.717) is 18.0 Å². The van der Waals surface area contributed by atoms with Crippen LogP contribution in [0.25, 0.3) is 0 Å². The zero-order valence-electron chi connectivity index (χ0n) is 11.5. The average Bonchev–Trinajstić information content (AvgIpc) is 2.41. The summed E-state index contributed by atoms with van der Waals surface area (Å²) in [6, 6.07) is 12.7. The Bertz CT molecular complexity index is 623. The Hall–Kier alpha value is -2.49. The molecule has 2 N–H and O–H groups in total. The number of ether oxygens (including phenoxy) is 1. The Morgan fingerprint density at radius 2 is 1.95 bits per heavy atom. The third kappa shape index (κ3) is 3.09. The summed E-state index contributed by atoms with van der Waals surface area (Å²) in [5.74, 6) is -0.255. The van der Waals surface area contributed by atoms with Gasteiger partial charge in [0.2, 0.25) is 0 Å². The Labute approximate surface area is 118 Å². The third-order valence-electron chi connectivity index (χ3n) is 2.86. The van der Waals surface area contributed by atoms with Crippen LogP contribution < -0.4 is 10.1 Å². The van der Waals surface area contributed by atoms with Gasteiger partial charge >= 0.3 is 5.97 Å². The minimum atomic E-state index is -0.957. The first-order valence-corrected chi connectivity index (χ1v) is 6.44. The van der Waals surface area contributed by atoms with Gasteiger partial charge in [-0.15, -0.1) is 0 Å². The highest BCUT2D eigenvalue weighted by Crippen LogP contribution is 2.29. The number of anilines is 2. The Morgan fingerprint density at radius 1 is 1.20 bits per heavy atom. The first-order valence-electron chi connectivity index (χ1n) is 6.44. The van der Waals surface area contributed by atoms with Crippen LogP contribution >= 0.6 is 0 Å². The van der Waals surface area contributed by atoms with Crippen molar-refractivity contribution in [2.24, 2.45) is 0 Å². The predicted octanol–water partition coefficient (Wildman–Crippen LogP) is 3.84. The van der Waals surface area contributed by atoms with E-state index in [2.05, 4.69) is 5.32 Å². The number of nitrogens with one attached hydrogen (secondary N) is 1. The lowest BCUT2D eigenvalue weighted by atomic mass is 10.1.